The molecule has 1 fully saturated rings. The van der Waals surface area contributed by atoms with Crippen LogP contribution in [0.25, 0.3) is 0 Å². The van der Waals surface area contributed by atoms with Crippen LogP contribution in [0.4, 0.5) is 0 Å². The van der Waals surface area contributed by atoms with Crippen molar-refractivity contribution in [3.8, 4) is 12.1 Å². The molecule has 3 rings (SSSR count). The molecule has 2 atom stereocenters. The molecule has 64 valence electrons. The zero-order chi connectivity index (χ0) is 9.26. The Morgan fingerprint density at radius 2 is 2.00 bits per heavy atom. The van der Waals surface area contributed by atoms with Crippen molar-refractivity contribution in [3.05, 3.63) is 23.3 Å². The van der Waals surface area contributed by atoms with Gasteiger partial charge in [-0.3, -0.25) is 0 Å². The van der Waals surface area contributed by atoms with E-state index in [4.69, 9.17) is 10.5 Å². The quantitative estimate of drug-likeness (QED) is 0.413. The third-order valence-corrected chi connectivity index (χ3v) is 2.94. The van der Waals surface area contributed by atoms with Crippen molar-refractivity contribution in [2.75, 3.05) is 0 Å². The first kappa shape index (κ1) is 8.08. The lowest BCUT2D eigenvalue weighted by Crippen LogP contribution is -2.20. The van der Waals surface area contributed by atoms with Gasteiger partial charge in [0.1, 0.15) is 17.7 Å². The fourth-order valence-corrected chi connectivity index (χ4v) is 2.23. The molecule has 2 unspecified atom stereocenters. The molecule has 0 aliphatic heterocycles. The standard InChI is InChI=1S/C11H10N2/c12-6-10(7-13)11-5-8-1-3-9(11)4-2-8/h1,3,8-9H,2,4-5H2. The molecule has 0 aromatic rings. The summed E-state index contributed by atoms with van der Waals surface area (Å²) in [6.07, 6.45) is 7.64. The van der Waals surface area contributed by atoms with Crippen LogP contribution in [0, 0.1) is 34.5 Å². The van der Waals surface area contributed by atoms with Crippen LogP contribution in [-0.2, 0) is 0 Å². The second-order valence-corrected chi connectivity index (χ2v) is 3.66. The third kappa shape index (κ3) is 1.25. The van der Waals surface area contributed by atoms with Gasteiger partial charge in [-0.15, -0.1) is 0 Å². The summed E-state index contributed by atoms with van der Waals surface area (Å²) < 4.78 is 0. The van der Waals surface area contributed by atoms with Crippen molar-refractivity contribution in [1.82, 2.24) is 0 Å². The maximum absolute atomic E-state index is 8.75. The largest absolute Gasteiger partial charge is 0.192 e. The van der Waals surface area contributed by atoms with Crippen molar-refractivity contribution < 1.29 is 0 Å². The van der Waals surface area contributed by atoms with E-state index in [1.54, 1.807) is 0 Å². The Bertz CT molecular complexity index is 347. The Morgan fingerprint density at radius 1 is 1.23 bits per heavy atom. The third-order valence-electron chi connectivity index (χ3n) is 2.94. The van der Waals surface area contributed by atoms with Crippen molar-refractivity contribution >= 4 is 0 Å². The molecule has 2 bridgehead atoms. The summed E-state index contributed by atoms with van der Waals surface area (Å²) in [5, 5.41) is 17.5. The molecular formula is C11H10N2. The number of nitrogens with zero attached hydrogens (tertiary/aromatic N) is 2. The molecule has 1 saturated carbocycles. The molecule has 2 heteroatoms. The van der Waals surface area contributed by atoms with Gasteiger partial charge in [-0.1, -0.05) is 12.2 Å². The van der Waals surface area contributed by atoms with Crippen LogP contribution in [0.5, 0.6) is 0 Å². The molecule has 3 aliphatic rings. The van der Waals surface area contributed by atoms with Gasteiger partial charge in [0.25, 0.3) is 0 Å². The Hall–Kier alpha value is -1.54. The molecule has 0 aromatic carbocycles. The molecule has 0 N–H and O–H groups in total. The Morgan fingerprint density at radius 3 is 2.38 bits per heavy atom. The number of allylic oxidation sites excluding steroid dienone is 4. The second-order valence-electron chi connectivity index (χ2n) is 3.66. The lowest BCUT2D eigenvalue weighted by molar-refractivity contribution is 0.410. The number of rotatable bonds is 0. The summed E-state index contributed by atoms with van der Waals surface area (Å²) >= 11 is 0. The normalized spacial score (nSPS) is 29.5. The van der Waals surface area contributed by atoms with E-state index in [9.17, 15) is 0 Å². The van der Waals surface area contributed by atoms with Crippen LogP contribution in [0.3, 0.4) is 0 Å². The van der Waals surface area contributed by atoms with E-state index < -0.39 is 0 Å². The lowest BCUT2D eigenvalue weighted by atomic mass is 9.71. The number of hydrogen-bond acceptors (Lipinski definition) is 2. The predicted molar refractivity (Wildman–Crippen MR) is 48.2 cm³/mol. The highest BCUT2D eigenvalue weighted by molar-refractivity contribution is 5.44. The van der Waals surface area contributed by atoms with Crippen LogP contribution in [-0.4, -0.2) is 0 Å². The summed E-state index contributed by atoms with van der Waals surface area (Å²) in [5.41, 5.74) is 1.42. The first-order chi connectivity index (χ1) is 6.35. The molecule has 3 aliphatic carbocycles. The fourth-order valence-electron chi connectivity index (χ4n) is 2.23. The number of fused-ring (bicyclic) bond motifs is 2. The Balaban J connectivity index is 2.40. The van der Waals surface area contributed by atoms with E-state index in [0.29, 0.717) is 17.4 Å². The summed E-state index contributed by atoms with van der Waals surface area (Å²) in [5.74, 6) is 0.955. The summed E-state index contributed by atoms with van der Waals surface area (Å²) in [6.45, 7) is 0. The predicted octanol–water partition coefficient (Wildman–Crippen LogP) is 2.32. The van der Waals surface area contributed by atoms with E-state index >= 15 is 0 Å². The SMILES string of the molecule is N#CC(C#N)=C1CC2C=CC1CC2. The smallest absolute Gasteiger partial charge is 0.129 e. The molecule has 0 spiro atoms. The molecule has 0 amide bonds. The summed E-state index contributed by atoms with van der Waals surface area (Å²) in [4.78, 5) is 0. The average Bonchev–Trinajstić information content (AvgIpc) is 2.22. The van der Waals surface area contributed by atoms with Gasteiger partial charge >= 0.3 is 0 Å². The highest BCUT2D eigenvalue weighted by Gasteiger charge is 2.29. The molecule has 13 heavy (non-hydrogen) atoms. The molecule has 0 saturated heterocycles. The summed E-state index contributed by atoms with van der Waals surface area (Å²) in [6, 6.07) is 3.98. The van der Waals surface area contributed by atoms with E-state index in [2.05, 4.69) is 12.2 Å². The molecule has 0 aromatic heterocycles. The van der Waals surface area contributed by atoms with Crippen LogP contribution < -0.4 is 0 Å². The van der Waals surface area contributed by atoms with Crippen molar-refractivity contribution in [2.45, 2.75) is 19.3 Å². The van der Waals surface area contributed by atoms with Gasteiger partial charge in [0.05, 0.1) is 0 Å². The zero-order valence-electron chi connectivity index (χ0n) is 7.33. The maximum atomic E-state index is 8.75. The highest BCUT2D eigenvalue weighted by atomic mass is 14.4. The van der Waals surface area contributed by atoms with Crippen LogP contribution in [0.1, 0.15) is 19.3 Å². The van der Waals surface area contributed by atoms with Gasteiger partial charge in [0.2, 0.25) is 0 Å². The highest BCUT2D eigenvalue weighted by Crippen LogP contribution is 2.41. The van der Waals surface area contributed by atoms with Crippen molar-refractivity contribution in [1.29, 1.82) is 10.5 Å². The minimum absolute atomic E-state index is 0.346. The number of hydrogen-bond donors (Lipinski definition) is 0. The van der Waals surface area contributed by atoms with Crippen molar-refractivity contribution in [2.24, 2.45) is 11.8 Å². The fraction of sp³-hybridized carbons (Fsp3) is 0.455. The van der Waals surface area contributed by atoms with E-state index in [1.165, 1.54) is 6.42 Å². The minimum Gasteiger partial charge on any atom is -0.192 e. The zero-order valence-corrected chi connectivity index (χ0v) is 7.33. The lowest BCUT2D eigenvalue weighted by Gasteiger charge is -2.32. The average molecular weight is 170 g/mol. The van der Waals surface area contributed by atoms with Gasteiger partial charge in [0, 0.05) is 5.92 Å². The van der Waals surface area contributed by atoms with Gasteiger partial charge in [-0.05, 0) is 30.8 Å². The second kappa shape index (κ2) is 3.07. The van der Waals surface area contributed by atoms with Gasteiger partial charge in [-0.25, -0.2) is 0 Å². The molecule has 0 radical (unpaired) electrons. The van der Waals surface area contributed by atoms with Gasteiger partial charge in [-0.2, -0.15) is 10.5 Å². The van der Waals surface area contributed by atoms with Gasteiger partial charge in [0.15, 0.2) is 0 Å². The molecule has 2 nitrogen and oxygen atoms in total. The number of nitriles is 2. The summed E-state index contributed by atoms with van der Waals surface area (Å²) in [7, 11) is 0. The van der Waals surface area contributed by atoms with Crippen LogP contribution in [0.15, 0.2) is 23.3 Å². The van der Waals surface area contributed by atoms with Gasteiger partial charge < -0.3 is 0 Å². The first-order valence-electron chi connectivity index (χ1n) is 4.56. The van der Waals surface area contributed by atoms with E-state index in [0.717, 1.165) is 18.4 Å². The molecular weight excluding hydrogens is 160 g/mol. The van der Waals surface area contributed by atoms with Crippen molar-refractivity contribution in [3.63, 3.8) is 0 Å². The topological polar surface area (TPSA) is 47.6 Å². The van der Waals surface area contributed by atoms with Crippen LogP contribution in [0.2, 0.25) is 0 Å². The van der Waals surface area contributed by atoms with E-state index in [1.807, 2.05) is 12.1 Å². The van der Waals surface area contributed by atoms with Crippen LogP contribution >= 0.6 is 0 Å². The maximum Gasteiger partial charge on any atom is 0.129 e. The van der Waals surface area contributed by atoms with E-state index in [-0.39, 0.29) is 0 Å². The Labute approximate surface area is 77.8 Å². The molecule has 0 heterocycles. The minimum atomic E-state index is 0.346. The Kier molecular flexibility index (Phi) is 1.91. The first-order valence-corrected chi connectivity index (χ1v) is 4.56. The monoisotopic (exact) mass is 170 g/mol.